The van der Waals surface area contributed by atoms with Gasteiger partial charge in [-0.25, -0.2) is 0 Å². The highest BCUT2D eigenvalue weighted by Crippen LogP contribution is 2.48. The van der Waals surface area contributed by atoms with Crippen LogP contribution in [0.3, 0.4) is 0 Å². The van der Waals surface area contributed by atoms with Gasteiger partial charge in [0.2, 0.25) is 0 Å². The molecule has 0 aromatic rings. The fraction of sp³-hybridized carbons (Fsp3) is 0.696. The van der Waals surface area contributed by atoms with Gasteiger partial charge >= 0.3 is 0 Å². The first kappa shape index (κ1) is 23.9. The van der Waals surface area contributed by atoms with Gasteiger partial charge in [-0.15, -0.1) is 0 Å². The van der Waals surface area contributed by atoms with Gasteiger partial charge in [-0.05, 0) is 55.6 Å². The van der Waals surface area contributed by atoms with Crippen molar-refractivity contribution < 1.29 is 9.53 Å². The summed E-state index contributed by atoms with van der Waals surface area (Å²) in [6.45, 7) is 21.2. The molecule has 0 bridgehead atoms. The molecule has 25 heavy (non-hydrogen) atoms. The van der Waals surface area contributed by atoms with Gasteiger partial charge in [-0.1, -0.05) is 59.3 Å². The van der Waals surface area contributed by atoms with Crippen molar-refractivity contribution in [2.24, 2.45) is 11.3 Å². The largest absolute Gasteiger partial charge is 0.380 e. The molecule has 144 valence electrons. The number of carbonyl (C=O) groups is 1. The van der Waals surface area contributed by atoms with Crippen molar-refractivity contribution in [3.8, 4) is 0 Å². The third-order valence-corrected chi connectivity index (χ3v) is 4.47. The first-order valence-corrected chi connectivity index (χ1v) is 9.88. The number of methoxy groups -OCH3 is 1. The van der Waals surface area contributed by atoms with Crippen LogP contribution in [0.1, 0.15) is 81.1 Å². The molecule has 0 spiro atoms. The molecular formula is C23H40O2. The summed E-state index contributed by atoms with van der Waals surface area (Å²) in [5.41, 5.74) is 5.73. The van der Waals surface area contributed by atoms with Crippen molar-refractivity contribution in [2.75, 3.05) is 13.7 Å². The summed E-state index contributed by atoms with van der Waals surface area (Å²) < 4.78 is 5.37. The first-order valence-electron chi connectivity index (χ1n) is 9.88. The van der Waals surface area contributed by atoms with Crippen LogP contribution in [-0.4, -0.2) is 19.5 Å². The van der Waals surface area contributed by atoms with E-state index in [-0.39, 0.29) is 5.41 Å². The summed E-state index contributed by atoms with van der Waals surface area (Å²) >= 11 is 0. The fourth-order valence-corrected chi connectivity index (χ4v) is 3.56. The molecule has 2 rings (SSSR count). The Morgan fingerprint density at radius 1 is 1.16 bits per heavy atom. The topological polar surface area (TPSA) is 26.3 Å². The molecule has 0 aliphatic heterocycles. The van der Waals surface area contributed by atoms with Crippen LogP contribution < -0.4 is 0 Å². The second-order valence-electron chi connectivity index (χ2n) is 7.48. The predicted molar refractivity (Wildman–Crippen MR) is 110 cm³/mol. The zero-order valence-electron chi connectivity index (χ0n) is 18.1. The molecule has 2 aliphatic carbocycles. The van der Waals surface area contributed by atoms with Gasteiger partial charge in [0.05, 0.1) is 6.61 Å². The minimum Gasteiger partial charge on any atom is -0.380 e. The van der Waals surface area contributed by atoms with E-state index in [2.05, 4.69) is 27.4 Å². The quantitative estimate of drug-likeness (QED) is 0.518. The van der Waals surface area contributed by atoms with Crippen LogP contribution in [0.2, 0.25) is 0 Å². The number of rotatable bonds is 5. The zero-order chi connectivity index (χ0) is 19.8. The van der Waals surface area contributed by atoms with E-state index in [1.54, 1.807) is 7.11 Å². The van der Waals surface area contributed by atoms with Crippen molar-refractivity contribution in [2.45, 2.75) is 81.1 Å². The number of ether oxygens (including phenoxy) is 1. The maximum absolute atomic E-state index is 12.8. The van der Waals surface area contributed by atoms with Crippen molar-refractivity contribution >= 4 is 5.78 Å². The average molecular weight is 349 g/mol. The van der Waals surface area contributed by atoms with E-state index in [4.69, 9.17) is 4.74 Å². The van der Waals surface area contributed by atoms with Gasteiger partial charge in [0, 0.05) is 19.1 Å². The Morgan fingerprint density at radius 3 is 2.04 bits per heavy atom. The van der Waals surface area contributed by atoms with E-state index in [9.17, 15) is 4.79 Å². The molecule has 0 aromatic carbocycles. The van der Waals surface area contributed by atoms with Crippen LogP contribution in [0.4, 0.5) is 0 Å². The maximum Gasteiger partial charge on any atom is 0.163 e. The molecule has 0 heterocycles. The summed E-state index contributed by atoms with van der Waals surface area (Å²) in [6, 6.07) is 0. The number of ketones is 1. The number of Topliss-reactive ketones (excluding diaryl/α,β-unsaturated/α-hetero) is 1. The molecule has 0 radical (unpaired) electrons. The van der Waals surface area contributed by atoms with Crippen LogP contribution >= 0.6 is 0 Å². The summed E-state index contributed by atoms with van der Waals surface area (Å²) in [6.07, 6.45) is 4.01. The third-order valence-electron chi connectivity index (χ3n) is 4.47. The van der Waals surface area contributed by atoms with Crippen LogP contribution in [0.15, 0.2) is 34.4 Å². The Labute approximate surface area is 156 Å². The standard InChI is InChI=1S/C19H28O2.2C2H6/c1-12(2)15(11-21-6)18(14-7-8-14)17-13(3)9-19(4,5)10-16(17)20;2*1-2/h14H,1,7-11H2,2-6H3;2*1-2H3/b18-15-;;. The number of allylic oxidation sites excluding steroid dienone is 3. The van der Waals surface area contributed by atoms with E-state index < -0.39 is 0 Å². The molecule has 0 amide bonds. The minimum absolute atomic E-state index is 0.0873. The molecule has 2 aliphatic rings. The molecule has 0 atom stereocenters. The van der Waals surface area contributed by atoms with Crippen molar-refractivity contribution in [1.82, 2.24) is 0 Å². The van der Waals surface area contributed by atoms with Crippen LogP contribution in [0, 0.1) is 11.3 Å². The average Bonchev–Trinajstić information content (AvgIpc) is 3.36. The predicted octanol–water partition coefficient (Wildman–Crippen LogP) is 6.67. The normalized spacial score (nSPS) is 20.0. The lowest BCUT2D eigenvalue weighted by molar-refractivity contribution is -0.117. The van der Waals surface area contributed by atoms with E-state index >= 15 is 0 Å². The molecule has 2 nitrogen and oxygen atoms in total. The second kappa shape index (κ2) is 10.8. The van der Waals surface area contributed by atoms with Gasteiger partial charge in [-0.3, -0.25) is 4.79 Å². The molecule has 1 saturated carbocycles. The van der Waals surface area contributed by atoms with E-state index in [0.717, 1.165) is 23.1 Å². The Bertz CT molecular complexity index is 528. The fourth-order valence-electron chi connectivity index (χ4n) is 3.56. The molecular weight excluding hydrogens is 308 g/mol. The summed E-state index contributed by atoms with van der Waals surface area (Å²) in [5, 5.41) is 0. The van der Waals surface area contributed by atoms with Crippen LogP contribution in [0.5, 0.6) is 0 Å². The SMILES string of the molecule is C=C(C)/C(COC)=C(\C1=C(C)CC(C)(C)CC1=O)C1CC1.CC.CC. The van der Waals surface area contributed by atoms with Gasteiger partial charge in [0.1, 0.15) is 0 Å². The number of carbonyl (C=O) groups excluding carboxylic acids is 1. The van der Waals surface area contributed by atoms with Crippen LogP contribution in [-0.2, 0) is 9.53 Å². The summed E-state index contributed by atoms with van der Waals surface area (Å²) in [5.74, 6) is 0.836. The lowest BCUT2D eigenvalue weighted by Crippen LogP contribution is -2.27. The first-order chi connectivity index (χ1) is 11.8. The van der Waals surface area contributed by atoms with Crippen molar-refractivity contribution in [3.05, 3.63) is 34.4 Å². The monoisotopic (exact) mass is 348 g/mol. The van der Waals surface area contributed by atoms with Crippen molar-refractivity contribution in [3.63, 3.8) is 0 Å². The summed E-state index contributed by atoms with van der Waals surface area (Å²) in [4.78, 5) is 12.8. The number of hydrogen-bond acceptors (Lipinski definition) is 2. The molecule has 0 unspecified atom stereocenters. The third kappa shape index (κ3) is 6.58. The van der Waals surface area contributed by atoms with E-state index in [1.165, 1.54) is 24.0 Å². The van der Waals surface area contributed by atoms with Gasteiger partial charge in [-0.2, -0.15) is 0 Å². The Morgan fingerprint density at radius 2 is 1.68 bits per heavy atom. The smallest absolute Gasteiger partial charge is 0.163 e. The summed E-state index contributed by atoms with van der Waals surface area (Å²) in [7, 11) is 1.71. The molecule has 0 aromatic heterocycles. The Balaban J connectivity index is 0.00000134. The lowest BCUT2D eigenvalue weighted by atomic mass is 9.71. The van der Waals surface area contributed by atoms with Gasteiger partial charge in [0.25, 0.3) is 0 Å². The molecule has 1 fully saturated rings. The minimum atomic E-state index is 0.0873. The van der Waals surface area contributed by atoms with Crippen LogP contribution in [0.25, 0.3) is 0 Å². The van der Waals surface area contributed by atoms with Gasteiger partial charge in [0.15, 0.2) is 5.78 Å². The van der Waals surface area contributed by atoms with E-state index in [1.807, 2.05) is 34.6 Å². The zero-order valence-corrected chi connectivity index (χ0v) is 18.1. The van der Waals surface area contributed by atoms with Gasteiger partial charge < -0.3 is 4.74 Å². The van der Waals surface area contributed by atoms with Crippen molar-refractivity contribution in [1.29, 1.82) is 0 Å². The number of hydrogen-bond donors (Lipinski definition) is 0. The molecule has 0 N–H and O–H groups in total. The Kier molecular flexibility index (Phi) is 10.3. The molecule has 0 saturated heterocycles. The molecule has 2 heteroatoms. The highest BCUT2D eigenvalue weighted by Gasteiger charge is 2.38. The highest BCUT2D eigenvalue weighted by atomic mass is 16.5. The highest BCUT2D eigenvalue weighted by molar-refractivity contribution is 6.02. The van der Waals surface area contributed by atoms with E-state index in [0.29, 0.717) is 24.7 Å². The second-order valence-corrected chi connectivity index (χ2v) is 7.48. The Hall–Kier alpha value is -1.15. The maximum atomic E-state index is 12.8. The lowest BCUT2D eigenvalue weighted by Gasteiger charge is -2.32.